The number of allylic oxidation sites excluding steroid dienone is 1. The molecule has 12 nitrogen and oxygen atoms in total. The highest BCUT2D eigenvalue weighted by Gasteiger charge is 2.13. The Labute approximate surface area is 648 Å². The molecule has 0 amide bonds. The summed E-state index contributed by atoms with van der Waals surface area (Å²) in [5.74, 6) is 28.4. The number of halogens is 1. The molecule has 0 atom stereocenters. The van der Waals surface area contributed by atoms with Crippen LogP contribution in [-0.4, -0.2) is 79.1 Å². The molecule has 14 rings (SSSR count). The number of thiophene rings is 4. The largest absolute Gasteiger partial charge is 0.468 e. The second-order valence-electron chi connectivity index (χ2n) is 23.9. The molecule has 10 aromatic carbocycles. The summed E-state index contributed by atoms with van der Waals surface area (Å²) in [7, 11) is 0. The first-order valence-electron chi connectivity index (χ1n) is 34.7. The van der Waals surface area contributed by atoms with Gasteiger partial charge in [-0.3, -0.25) is 4.79 Å². The summed E-state index contributed by atoms with van der Waals surface area (Å²) in [5, 5.41) is 26.9. The van der Waals surface area contributed by atoms with E-state index in [0.29, 0.717) is 23.0 Å². The molecule has 4 aromatic heterocycles. The van der Waals surface area contributed by atoms with E-state index in [1.54, 1.807) is 45.3 Å². The molecule has 0 aliphatic rings. The molecule has 17 heteroatoms. The molecule has 2 N–H and O–H groups in total. The van der Waals surface area contributed by atoms with Gasteiger partial charge in [0.1, 0.15) is 23.0 Å². The number of esters is 2. The third-order valence-electron chi connectivity index (χ3n) is 17.3. The van der Waals surface area contributed by atoms with Gasteiger partial charge in [-0.05, 0) is 219 Å². The van der Waals surface area contributed by atoms with Gasteiger partial charge in [-0.25, -0.2) is 9.59 Å². The van der Waals surface area contributed by atoms with Crippen molar-refractivity contribution in [3.63, 3.8) is 0 Å². The zero-order valence-corrected chi connectivity index (χ0v) is 64.1. The van der Waals surface area contributed by atoms with Crippen LogP contribution in [0.25, 0.3) is 80.7 Å². The van der Waals surface area contributed by atoms with Gasteiger partial charge in [0.25, 0.3) is 0 Å². The zero-order chi connectivity index (χ0) is 76.1. The van der Waals surface area contributed by atoms with E-state index in [2.05, 4.69) is 198 Å². The van der Waals surface area contributed by atoms with E-state index in [4.69, 9.17) is 50.2 Å². The Hall–Kier alpha value is -11.5. The van der Waals surface area contributed by atoms with Crippen LogP contribution < -0.4 is 18.9 Å². The predicted molar refractivity (Wildman–Crippen MR) is 446 cm³/mol. The number of aliphatic hydroxyl groups excluding tert-OH is 2. The van der Waals surface area contributed by atoms with Gasteiger partial charge in [0.15, 0.2) is 13.6 Å². The van der Waals surface area contributed by atoms with E-state index in [1.807, 2.05) is 91.0 Å². The molecule has 0 radical (unpaired) electrons. The summed E-state index contributed by atoms with van der Waals surface area (Å²) in [4.78, 5) is 34.4. The Bertz CT molecular complexity index is 6000. The first kappa shape index (κ1) is 77.6. The Morgan fingerprint density at radius 3 is 0.861 bits per heavy atom. The van der Waals surface area contributed by atoms with Gasteiger partial charge in [0.2, 0.25) is 18.8 Å². The highest BCUT2D eigenvalue weighted by atomic mass is 35.5. The number of fused-ring (bicyclic) bond motifs is 12. The fourth-order valence-electron chi connectivity index (χ4n) is 11.7. The molecular weight excluding hydrogens is 1450 g/mol. The maximum Gasteiger partial charge on any atom is 0.333 e. The van der Waals surface area contributed by atoms with Crippen LogP contribution in [0.4, 0.5) is 0 Å². The van der Waals surface area contributed by atoms with E-state index >= 15 is 0 Å². The molecule has 0 spiro atoms. The second-order valence-corrected chi connectivity index (χ2v) is 28.6. The quantitative estimate of drug-likeness (QED) is 0.0277. The number of hydrogen-bond acceptors (Lipinski definition) is 16. The Morgan fingerprint density at radius 2 is 0.611 bits per heavy atom. The molecule has 0 unspecified atom stereocenters. The number of hydrogen-bond donors (Lipinski definition) is 2. The minimum atomic E-state index is -0.526. The summed E-state index contributed by atoms with van der Waals surface area (Å²) < 4.78 is 40.5. The van der Waals surface area contributed by atoms with Crippen LogP contribution in [0.1, 0.15) is 90.3 Å². The van der Waals surface area contributed by atoms with E-state index in [9.17, 15) is 14.4 Å². The minimum absolute atomic E-state index is 0.169. The lowest BCUT2D eigenvalue weighted by molar-refractivity contribution is -0.145. The number of ether oxygens (including phenoxy) is 6. The molecule has 0 saturated carbocycles. The standard InChI is InChI=1S/C44H30O6S2.C38H26O4S2.C6H15N.C3H3ClO/c1-4-31-21-28(7-8-29-11-17-35-37-19-15-33(47-26-49-43(45)5-2)24-41(37)51-39(35)22-29)9-13-32(31)14-10-30-12-18-36-38-20-16-34(48-27-50-44(46)6-3)25-42(38)52-40(36)23-30;1-2-27-17-24(3-4-25-7-13-31-33-15-11-29(41-22-39)20-37(33)43-35(31)18-25)5-9-28(27)10-6-26-8-14-32-34-16-12-30(42-23-40)21-38(34)44-36(32)19-26;1-4-7(5-2)6-3;1-2-3(4)5/h5-6,9,11-13,15-25H,2-4,26-27H2,1H3;5,7-9,11-21,39-40H,2,22-23H2,1H3;4-6H2,1-3H3;2H,1H2. The number of aryl methyl sites for hydroxylation is 2. The number of nitrogens with zero attached hydrogens (tertiary/aromatic N) is 1. The molecule has 0 fully saturated rings. The third-order valence-corrected chi connectivity index (χ3v) is 21.9. The number of aliphatic hydroxyl groups is 2. The zero-order valence-electron chi connectivity index (χ0n) is 60.1. The first-order chi connectivity index (χ1) is 52.6. The molecule has 540 valence electrons. The van der Waals surface area contributed by atoms with Crippen molar-refractivity contribution in [1.82, 2.24) is 4.90 Å². The van der Waals surface area contributed by atoms with Gasteiger partial charge in [-0.1, -0.05) is 126 Å². The van der Waals surface area contributed by atoms with Crippen LogP contribution in [0.2, 0.25) is 0 Å². The van der Waals surface area contributed by atoms with Gasteiger partial charge < -0.3 is 43.5 Å². The Morgan fingerprint density at radius 1 is 0.361 bits per heavy atom. The summed E-state index contributed by atoms with van der Waals surface area (Å²) in [6.45, 7) is 23.2. The second kappa shape index (κ2) is 37.7. The van der Waals surface area contributed by atoms with Crippen molar-refractivity contribution in [2.75, 3.05) is 46.8 Å². The lowest BCUT2D eigenvalue weighted by atomic mass is 10.0. The Balaban J connectivity index is 0.000000188. The van der Waals surface area contributed by atoms with Crippen molar-refractivity contribution in [3.8, 4) is 70.4 Å². The van der Waals surface area contributed by atoms with Gasteiger partial charge in [-0.2, -0.15) is 0 Å². The fraction of sp³-hybridized carbons (Fsp3) is 0.154. The predicted octanol–water partition coefficient (Wildman–Crippen LogP) is 20.6. The monoisotopic (exact) mass is 1520 g/mol. The van der Waals surface area contributed by atoms with Crippen LogP contribution in [0.5, 0.6) is 23.0 Å². The maximum atomic E-state index is 11.3. The van der Waals surface area contributed by atoms with Crippen LogP contribution in [0.3, 0.4) is 0 Å². The summed E-state index contributed by atoms with van der Waals surface area (Å²) >= 11 is 11.4. The van der Waals surface area contributed by atoms with E-state index < -0.39 is 17.2 Å². The topological polar surface area (TPSA) is 150 Å². The SMILES string of the molecule is C=CC(=O)Cl.C=CC(=O)OCOc1ccc2c(c1)sc1cc(C#Cc3ccc(C#Cc4ccc5c(c4)sc4cc(OCOC(=O)C=C)ccc45)c(CC)c3)ccc12.CCN(CC)CC.CCc1cc(C#Cc2ccc3c(c2)sc2cc(OCO)ccc23)ccc1C#Cc1ccc2c(c1)sc1cc(OCO)ccc12. The molecule has 4 heterocycles. The molecule has 108 heavy (non-hydrogen) atoms. The van der Waals surface area contributed by atoms with E-state index in [-0.39, 0.29) is 27.2 Å². The van der Waals surface area contributed by atoms with E-state index in [0.717, 1.165) is 131 Å². The molecule has 0 saturated heterocycles. The number of carbonyl (C=O) groups is 3. The smallest absolute Gasteiger partial charge is 0.333 e. The molecular formula is C91H74ClNO11S4. The number of carbonyl (C=O) groups excluding carboxylic acids is 3. The van der Waals surface area contributed by atoms with Crippen molar-refractivity contribution in [2.24, 2.45) is 0 Å². The number of benzene rings is 10. The molecule has 14 aromatic rings. The molecule has 0 aliphatic carbocycles. The van der Waals surface area contributed by atoms with Gasteiger partial charge >= 0.3 is 11.9 Å². The van der Waals surface area contributed by atoms with Gasteiger partial charge in [0.05, 0.1) is 0 Å². The average Bonchev–Trinajstić information content (AvgIpc) is 1.65. The lowest BCUT2D eigenvalue weighted by Gasteiger charge is -2.13. The number of rotatable bonds is 18. The highest BCUT2D eigenvalue weighted by molar-refractivity contribution is 7.27. The minimum Gasteiger partial charge on any atom is -0.468 e. The molecule has 0 aliphatic heterocycles. The lowest BCUT2D eigenvalue weighted by Crippen LogP contribution is -2.21. The fourth-order valence-corrected chi connectivity index (χ4v) is 16.4. The van der Waals surface area contributed by atoms with Gasteiger partial charge in [0, 0.05) is 137 Å². The van der Waals surface area contributed by atoms with E-state index in [1.165, 1.54) is 56.1 Å². The third kappa shape index (κ3) is 19.8. The van der Waals surface area contributed by atoms with Gasteiger partial charge in [-0.15, -0.1) is 45.3 Å². The first-order valence-corrected chi connectivity index (χ1v) is 38.3. The average molecular weight is 1520 g/mol. The van der Waals surface area contributed by atoms with Crippen molar-refractivity contribution >= 4 is 155 Å². The highest BCUT2D eigenvalue weighted by Crippen LogP contribution is 2.41. The summed E-state index contributed by atoms with van der Waals surface area (Å²) in [6, 6.07) is 61.1. The normalized spacial score (nSPS) is 10.6. The summed E-state index contributed by atoms with van der Waals surface area (Å²) in [6.07, 6.45) is 4.95. The maximum absolute atomic E-state index is 11.3. The van der Waals surface area contributed by atoms with Crippen LogP contribution in [0.15, 0.2) is 220 Å². The summed E-state index contributed by atoms with van der Waals surface area (Å²) in [5.41, 5.74) is 10.0. The van der Waals surface area contributed by atoms with Crippen molar-refractivity contribution in [1.29, 1.82) is 0 Å². The van der Waals surface area contributed by atoms with Crippen molar-refractivity contribution in [2.45, 2.75) is 47.5 Å². The Kier molecular flexibility index (Phi) is 27.1. The molecule has 0 bridgehead atoms. The van der Waals surface area contributed by atoms with Crippen molar-refractivity contribution < 1.29 is 53.0 Å². The van der Waals surface area contributed by atoms with Crippen LogP contribution in [-0.2, 0) is 36.7 Å². The van der Waals surface area contributed by atoms with Crippen LogP contribution in [0, 0.1) is 47.4 Å². The van der Waals surface area contributed by atoms with Crippen molar-refractivity contribution in [3.05, 3.63) is 276 Å². The van der Waals surface area contributed by atoms with Crippen LogP contribution >= 0.6 is 56.9 Å².